The number of nitrogens with zero attached hydrogens (tertiary/aromatic N) is 1. The Kier molecular flexibility index (Phi) is 6.10. The first-order valence-corrected chi connectivity index (χ1v) is 11.6. The van der Waals surface area contributed by atoms with Crippen LogP contribution >= 0.6 is 11.6 Å². The van der Waals surface area contributed by atoms with Crippen molar-refractivity contribution in [3.05, 3.63) is 74.6 Å². The number of nitrogens with one attached hydrogen (secondary N) is 1. The van der Waals surface area contributed by atoms with Gasteiger partial charge >= 0.3 is 0 Å². The molecule has 1 saturated heterocycles. The molecule has 3 heterocycles. The van der Waals surface area contributed by atoms with Crippen LogP contribution in [0.25, 0.3) is 11.0 Å². The van der Waals surface area contributed by atoms with E-state index < -0.39 is 6.04 Å². The Morgan fingerprint density at radius 2 is 1.88 bits per heavy atom. The van der Waals surface area contributed by atoms with Crippen LogP contribution in [-0.2, 0) is 4.74 Å². The molecule has 1 N–H and O–H groups in total. The first-order valence-electron chi connectivity index (χ1n) is 11.2. The molecule has 0 spiro atoms. The van der Waals surface area contributed by atoms with Crippen LogP contribution in [0.5, 0.6) is 5.75 Å². The Balaban J connectivity index is 1.53. The first-order chi connectivity index (χ1) is 16.1. The van der Waals surface area contributed by atoms with E-state index in [9.17, 15) is 9.59 Å². The van der Waals surface area contributed by atoms with E-state index in [0.29, 0.717) is 33.8 Å². The van der Waals surface area contributed by atoms with Crippen LogP contribution in [0.3, 0.4) is 0 Å². The number of morpholine rings is 1. The van der Waals surface area contributed by atoms with Crippen molar-refractivity contribution in [1.29, 1.82) is 0 Å². The lowest BCUT2D eigenvalue weighted by Gasteiger charge is -2.27. The standard InChI is InChI=1S/C25H25ClN2O5/c1-31-18-6-3-16(4-7-18)22-21-23(29)19-15-17(26)5-8-20(19)33-24(21)25(30)28(22)10-2-9-27-11-13-32-14-12-27/h3-8,15,22H,2,9-14H2,1H3/p+1/t22-/m1/s1. The van der Waals surface area contributed by atoms with Crippen molar-refractivity contribution in [2.75, 3.05) is 46.5 Å². The molecule has 1 aromatic heterocycles. The second-order valence-corrected chi connectivity index (χ2v) is 8.89. The normalized spacial score (nSPS) is 18.7. The van der Waals surface area contributed by atoms with E-state index in [1.165, 1.54) is 4.90 Å². The summed E-state index contributed by atoms with van der Waals surface area (Å²) >= 11 is 6.14. The number of benzene rings is 2. The largest absolute Gasteiger partial charge is 0.497 e. The lowest BCUT2D eigenvalue weighted by molar-refractivity contribution is -0.908. The second kappa shape index (κ2) is 9.17. The molecule has 1 amide bonds. The molecule has 1 atom stereocenters. The van der Waals surface area contributed by atoms with Gasteiger partial charge in [-0.3, -0.25) is 9.59 Å². The van der Waals surface area contributed by atoms with Crippen molar-refractivity contribution >= 4 is 28.5 Å². The van der Waals surface area contributed by atoms with Crippen LogP contribution in [-0.4, -0.2) is 57.3 Å². The molecule has 0 unspecified atom stereocenters. The maximum absolute atomic E-state index is 13.6. The molecule has 2 aliphatic rings. The van der Waals surface area contributed by atoms with E-state index in [2.05, 4.69) is 0 Å². The fraction of sp³-hybridized carbons (Fsp3) is 0.360. The number of rotatable bonds is 6. The maximum atomic E-state index is 13.6. The molecule has 1 fully saturated rings. The number of amides is 1. The van der Waals surface area contributed by atoms with Gasteiger partial charge in [-0.05, 0) is 35.9 Å². The number of ether oxygens (including phenoxy) is 2. The summed E-state index contributed by atoms with van der Waals surface area (Å²) < 4.78 is 16.7. The lowest BCUT2D eigenvalue weighted by atomic mass is 9.98. The zero-order valence-corrected chi connectivity index (χ0v) is 19.2. The van der Waals surface area contributed by atoms with Crippen molar-refractivity contribution in [2.24, 2.45) is 0 Å². The van der Waals surface area contributed by atoms with E-state index >= 15 is 0 Å². The van der Waals surface area contributed by atoms with Crippen LogP contribution < -0.4 is 15.1 Å². The van der Waals surface area contributed by atoms with Gasteiger partial charge in [0, 0.05) is 18.0 Å². The summed E-state index contributed by atoms with van der Waals surface area (Å²) in [5.41, 5.74) is 1.36. The minimum Gasteiger partial charge on any atom is -0.497 e. The molecule has 172 valence electrons. The number of quaternary nitrogens is 1. The third kappa shape index (κ3) is 4.12. The monoisotopic (exact) mass is 469 g/mol. The Bertz CT molecular complexity index is 1230. The fourth-order valence-electron chi connectivity index (χ4n) is 4.77. The van der Waals surface area contributed by atoms with E-state index in [4.69, 9.17) is 25.5 Å². The van der Waals surface area contributed by atoms with Gasteiger partial charge in [0.05, 0.1) is 43.9 Å². The smallest absolute Gasteiger partial charge is 0.290 e. The van der Waals surface area contributed by atoms with Gasteiger partial charge < -0.3 is 23.7 Å². The van der Waals surface area contributed by atoms with Crippen molar-refractivity contribution in [3.8, 4) is 5.75 Å². The van der Waals surface area contributed by atoms with Gasteiger partial charge in [0.15, 0.2) is 5.43 Å². The third-order valence-electron chi connectivity index (χ3n) is 6.49. The minimum atomic E-state index is -0.516. The average molecular weight is 470 g/mol. The van der Waals surface area contributed by atoms with E-state index in [1.807, 2.05) is 24.3 Å². The molecule has 33 heavy (non-hydrogen) atoms. The van der Waals surface area contributed by atoms with Crippen LogP contribution in [0.1, 0.15) is 34.1 Å². The molecule has 0 bridgehead atoms. The Morgan fingerprint density at radius 1 is 1.12 bits per heavy atom. The molecule has 8 heteroatoms. The summed E-state index contributed by atoms with van der Waals surface area (Å²) in [5.74, 6) is 0.578. The first kappa shape index (κ1) is 21.9. The zero-order chi connectivity index (χ0) is 22.9. The number of fused-ring (bicyclic) bond motifs is 2. The zero-order valence-electron chi connectivity index (χ0n) is 18.4. The molecular weight excluding hydrogens is 444 g/mol. The summed E-state index contributed by atoms with van der Waals surface area (Å²) in [4.78, 5) is 30.3. The average Bonchev–Trinajstić information content (AvgIpc) is 3.12. The van der Waals surface area contributed by atoms with Crippen LogP contribution in [0, 0.1) is 0 Å². The number of carbonyl (C=O) groups is 1. The highest BCUT2D eigenvalue weighted by Gasteiger charge is 2.42. The van der Waals surface area contributed by atoms with Crippen molar-refractivity contribution in [3.63, 3.8) is 0 Å². The number of carbonyl (C=O) groups excluding carboxylic acids is 1. The van der Waals surface area contributed by atoms with Gasteiger partial charge in [-0.25, -0.2) is 0 Å². The van der Waals surface area contributed by atoms with E-state index in [-0.39, 0.29) is 17.1 Å². The predicted octanol–water partition coefficient (Wildman–Crippen LogP) is 2.31. The Hall–Kier alpha value is -2.87. The molecule has 5 rings (SSSR count). The summed E-state index contributed by atoms with van der Waals surface area (Å²) in [6.07, 6.45) is 0.821. The van der Waals surface area contributed by atoms with Gasteiger partial charge in [-0.2, -0.15) is 0 Å². The molecule has 7 nitrogen and oxygen atoms in total. The third-order valence-corrected chi connectivity index (χ3v) is 6.72. The quantitative estimate of drug-likeness (QED) is 0.599. The summed E-state index contributed by atoms with van der Waals surface area (Å²) in [6.45, 7) is 4.96. The highest BCUT2D eigenvalue weighted by Crippen LogP contribution is 2.38. The van der Waals surface area contributed by atoms with E-state index in [0.717, 1.165) is 44.8 Å². The van der Waals surface area contributed by atoms with Gasteiger partial charge in [0.2, 0.25) is 5.76 Å². The van der Waals surface area contributed by atoms with Crippen molar-refractivity contribution < 1.29 is 23.6 Å². The van der Waals surface area contributed by atoms with Gasteiger partial charge in [0.1, 0.15) is 24.4 Å². The Morgan fingerprint density at radius 3 is 2.61 bits per heavy atom. The SMILES string of the molecule is COc1ccc([C@@H]2c3c(oc4ccc(Cl)cc4c3=O)C(=O)N2CCC[NH+]2CCOCC2)cc1. The van der Waals surface area contributed by atoms with Gasteiger partial charge in [-0.15, -0.1) is 0 Å². The fourth-order valence-corrected chi connectivity index (χ4v) is 4.94. The number of methoxy groups -OCH3 is 1. The molecule has 0 saturated carbocycles. The minimum absolute atomic E-state index is 0.120. The molecule has 2 aliphatic heterocycles. The predicted molar refractivity (Wildman–Crippen MR) is 124 cm³/mol. The van der Waals surface area contributed by atoms with Crippen LogP contribution in [0.2, 0.25) is 5.02 Å². The Labute approximate surface area is 196 Å². The van der Waals surface area contributed by atoms with Crippen molar-refractivity contribution in [1.82, 2.24) is 4.90 Å². The molecule has 3 aromatic rings. The summed E-state index contributed by atoms with van der Waals surface area (Å²) in [6, 6.07) is 11.9. The highest BCUT2D eigenvalue weighted by molar-refractivity contribution is 6.31. The number of hydrogen-bond acceptors (Lipinski definition) is 5. The molecule has 0 aliphatic carbocycles. The van der Waals surface area contributed by atoms with Gasteiger partial charge in [-0.1, -0.05) is 23.7 Å². The lowest BCUT2D eigenvalue weighted by Crippen LogP contribution is -3.14. The topological polar surface area (TPSA) is 73.4 Å². The van der Waals surface area contributed by atoms with Crippen molar-refractivity contribution in [2.45, 2.75) is 12.5 Å². The highest BCUT2D eigenvalue weighted by atomic mass is 35.5. The second-order valence-electron chi connectivity index (χ2n) is 8.45. The van der Waals surface area contributed by atoms with Crippen LogP contribution in [0.4, 0.5) is 0 Å². The molecular formula is C25H26ClN2O5+. The van der Waals surface area contributed by atoms with Crippen LogP contribution in [0.15, 0.2) is 51.7 Å². The summed E-state index contributed by atoms with van der Waals surface area (Å²) in [5, 5.41) is 0.831. The number of hydrogen-bond donors (Lipinski definition) is 1. The van der Waals surface area contributed by atoms with Gasteiger partial charge in [0.25, 0.3) is 5.91 Å². The van der Waals surface area contributed by atoms with E-state index in [1.54, 1.807) is 30.2 Å². The molecule has 0 radical (unpaired) electrons. The maximum Gasteiger partial charge on any atom is 0.290 e. The number of halogens is 1. The molecule has 2 aromatic carbocycles. The summed E-state index contributed by atoms with van der Waals surface area (Å²) in [7, 11) is 1.61.